The van der Waals surface area contributed by atoms with E-state index in [9.17, 15) is 0 Å². The van der Waals surface area contributed by atoms with Crippen LogP contribution in [-0.2, 0) is 9.47 Å². The van der Waals surface area contributed by atoms with Gasteiger partial charge in [-0.1, -0.05) is 146 Å². The summed E-state index contributed by atoms with van der Waals surface area (Å²) in [4.78, 5) is 0. The van der Waals surface area contributed by atoms with E-state index in [2.05, 4.69) is 69.4 Å². The van der Waals surface area contributed by atoms with Crippen LogP contribution < -0.4 is 0 Å². The number of fused-ring (bicyclic) bond motifs is 5. The van der Waals surface area contributed by atoms with Crippen molar-refractivity contribution < 1.29 is 9.47 Å². The number of ether oxygens (including phenoxy) is 2. The molecule has 0 amide bonds. The molecule has 2 bridgehead atoms. The summed E-state index contributed by atoms with van der Waals surface area (Å²) in [5.74, 6) is 2.06. The van der Waals surface area contributed by atoms with Gasteiger partial charge in [0.1, 0.15) is 0 Å². The number of unbranched alkanes of at least 4 members (excludes halogenated alkanes) is 16. The number of rotatable bonds is 28. The van der Waals surface area contributed by atoms with Gasteiger partial charge in [-0.25, -0.2) is 0 Å². The number of hydrogen-bond donors (Lipinski definition) is 0. The Balaban J connectivity index is 1.24. The Bertz CT molecular complexity index is 791. The molecule has 0 aromatic carbocycles. The van der Waals surface area contributed by atoms with Gasteiger partial charge >= 0.3 is 0 Å². The van der Waals surface area contributed by atoms with E-state index >= 15 is 0 Å². The van der Waals surface area contributed by atoms with Gasteiger partial charge in [-0.15, -0.1) is 0 Å². The molecule has 3 rings (SSSR count). The van der Waals surface area contributed by atoms with Gasteiger partial charge < -0.3 is 9.47 Å². The summed E-state index contributed by atoms with van der Waals surface area (Å²) in [6, 6.07) is 0. The minimum Gasteiger partial charge on any atom is -0.344 e. The van der Waals surface area contributed by atoms with Crippen molar-refractivity contribution >= 4 is 0 Å². The molecule has 0 aromatic heterocycles. The van der Waals surface area contributed by atoms with Crippen molar-refractivity contribution in [3.63, 3.8) is 0 Å². The van der Waals surface area contributed by atoms with Crippen LogP contribution in [-0.4, -0.2) is 18.0 Å². The predicted molar refractivity (Wildman–Crippen MR) is 197 cm³/mol. The first-order chi connectivity index (χ1) is 22.2. The molecule has 1 aliphatic heterocycles. The lowest BCUT2D eigenvalue weighted by molar-refractivity contribution is -0.196. The van der Waals surface area contributed by atoms with Crippen molar-refractivity contribution in [3.8, 4) is 0 Å². The Labute approximate surface area is 281 Å². The highest BCUT2D eigenvalue weighted by atomic mass is 16.8. The SMILES string of the molecule is CCCC/C=C\C/C=C\CCCCCCCCC1(CCCCCCCC/C=C\C/C=C\CCCC)O[C@@H]2C3CC(C[C@H]3C)[C@@H]2O1. The van der Waals surface area contributed by atoms with Gasteiger partial charge in [-0.2, -0.15) is 0 Å². The van der Waals surface area contributed by atoms with Gasteiger partial charge in [0.15, 0.2) is 5.79 Å². The molecular formula is C43H74O2. The number of hydrogen-bond acceptors (Lipinski definition) is 2. The molecule has 45 heavy (non-hydrogen) atoms. The topological polar surface area (TPSA) is 18.5 Å². The second kappa shape index (κ2) is 24.1. The summed E-state index contributed by atoms with van der Waals surface area (Å²) in [6.07, 6.45) is 53.0. The molecule has 2 heteroatoms. The third-order valence-electron chi connectivity index (χ3n) is 10.9. The highest BCUT2D eigenvalue weighted by molar-refractivity contribution is 5.06. The van der Waals surface area contributed by atoms with E-state index in [1.807, 2.05) is 0 Å². The average Bonchev–Trinajstić information content (AvgIpc) is 3.71. The molecule has 2 unspecified atom stereocenters. The van der Waals surface area contributed by atoms with Crippen molar-refractivity contribution in [3.05, 3.63) is 48.6 Å². The fourth-order valence-corrected chi connectivity index (χ4v) is 8.16. The van der Waals surface area contributed by atoms with Crippen molar-refractivity contribution in [1.29, 1.82) is 0 Å². The quantitative estimate of drug-likeness (QED) is 0.0638. The molecule has 2 saturated carbocycles. The standard InChI is InChI=1S/C43H74O2/c1-4-6-8-10-12-14-16-18-20-22-24-26-28-30-32-34-43(44-41-39-36-38(3)40(37-39)42(41)45-43)35-33-31-29-27-25-23-21-19-17-15-13-11-9-7-5-2/h10-13,16-19,38-42H,4-9,14-15,20-37H2,1-3H3/b12-10-,13-11-,18-16-,19-17-/t38-,39?,40?,41+,42-/m1/s1. The maximum atomic E-state index is 6.97. The summed E-state index contributed by atoms with van der Waals surface area (Å²) in [6.45, 7) is 6.97. The van der Waals surface area contributed by atoms with Crippen molar-refractivity contribution in [2.75, 3.05) is 0 Å². The Hall–Kier alpha value is -1.12. The first-order valence-electron chi connectivity index (χ1n) is 20.1. The van der Waals surface area contributed by atoms with Crippen LogP contribution in [0.1, 0.15) is 188 Å². The maximum absolute atomic E-state index is 6.97. The molecule has 2 aliphatic carbocycles. The van der Waals surface area contributed by atoms with Crippen LogP contribution in [0.5, 0.6) is 0 Å². The van der Waals surface area contributed by atoms with Gasteiger partial charge in [0.05, 0.1) is 12.2 Å². The minimum absolute atomic E-state index is 0.276. The summed E-state index contributed by atoms with van der Waals surface area (Å²) in [7, 11) is 0. The molecular weight excluding hydrogens is 548 g/mol. The van der Waals surface area contributed by atoms with Gasteiger partial charge in [0.2, 0.25) is 0 Å². The summed E-state index contributed by atoms with van der Waals surface area (Å²) in [5.41, 5.74) is 0. The van der Waals surface area contributed by atoms with Crippen molar-refractivity contribution in [1.82, 2.24) is 0 Å². The lowest BCUT2D eigenvalue weighted by Crippen LogP contribution is -2.33. The van der Waals surface area contributed by atoms with Crippen LogP contribution in [0, 0.1) is 17.8 Å². The average molecular weight is 623 g/mol. The molecule has 258 valence electrons. The van der Waals surface area contributed by atoms with E-state index in [0.717, 1.165) is 43.4 Å². The van der Waals surface area contributed by atoms with E-state index in [1.54, 1.807) is 0 Å². The Morgan fingerprint density at radius 3 is 1.40 bits per heavy atom. The fourth-order valence-electron chi connectivity index (χ4n) is 8.16. The second-order valence-electron chi connectivity index (χ2n) is 14.9. The minimum atomic E-state index is -0.276. The molecule has 5 atom stereocenters. The zero-order valence-electron chi connectivity index (χ0n) is 30.2. The van der Waals surface area contributed by atoms with Gasteiger partial charge in [-0.3, -0.25) is 0 Å². The van der Waals surface area contributed by atoms with Crippen molar-refractivity contribution in [2.45, 2.75) is 206 Å². The molecule has 0 radical (unpaired) electrons. The van der Waals surface area contributed by atoms with E-state index in [4.69, 9.17) is 9.47 Å². The third-order valence-corrected chi connectivity index (χ3v) is 10.9. The monoisotopic (exact) mass is 623 g/mol. The van der Waals surface area contributed by atoms with Crippen LogP contribution >= 0.6 is 0 Å². The van der Waals surface area contributed by atoms with E-state index in [0.29, 0.717) is 12.2 Å². The third kappa shape index (κ3) is 15.1. The molecule has 1 saturated heterocycles. The maximum Gasteiger partial charge on any atom is 0.169 e. The highest BCUT2D eigenvalue weighted by Crippen LogP contribution is 2.57. The summed E-state index contributed by atoms with van der Waals surface area (Å²) < 4.78 is 13.9. The highest BCUT2D eigenvalue weighted by Gasteiger charge is 2.60. The lowest BCUT2D eigenvalue weighted by Gasteiger charge is -2.30. The lowest BCUT2D eigenvalue weighted by atomic mass is 9.86. The molecule has 3 aliphatic rings. The Morgan fingerprint density at radius 2 is 0.911 bits per heavy atom. The molecule has 1 heterocycles. The molecule has 0 aromatic rings. The van der Waals surface area contributed by atoms with Crippen LogP contribution in [0.25, 0.3) is 0 Å². The Morgan fingerprint density at radius 1 is 0.489 bits per heavy atom. The molecule has 0 spiro atoms. The first kappa shape index (κ1) is 38.3. The zero-order valence-corrected chi connectivity index (χ0v) is 30.2. The van der Waals surface area contributed by atoms with Crippen LogP contribution in [0.4, 0.5) is 0 Å². The van der Waals surface area contributed by atoms with Gasteiger partial charge in [0.25, 0.3) is 0 Å². The van der Waals surface area contributed by atoms with Gasteiger partial charge in [-0.05, 0) is 94.8 Å². The summed E-state index contributed by atoms with van der Waals surface area (Å²) >= 11 is 0. The summed E-state index contributed by atoms with van der Waals surface area (Å²) in [5, 5.41) is 0. The molecule has 0 N–H and O–H groups in total. The van der Waals surface area contributed by atoms with Crippen LogP contribution in [0.2, 0.25) is 0 Å². The normalized spacial score (nSPS) is 25.7. The van der Waals surface area contributed by atoms with E-state index in [1.165, 1.54) is 141 Å². The van der Waals surface area contributed by atoms with Crippen LogP contribution in [0.15, 0.2) is 48.6 Å². The smallest absolute Gasteiger partial charge is 0.169 e. The molecule has 3 fully saturated rings. The first-order valence-corrected chi connectivity index (χ1v) is 20.1. The number of allylic oxidation sites excluding steroid dienone is 8. The van der Waals surface area contributed by atoms with E-state index < -0.39 is 0 Å². The van der Waals surface area contributed by atoms with Crippen molar-refractivity contribution in [2.24, 2.45) is 17.8 Å². The molecule has 2 nitrogen and oxygen atoms in total. The largest absolute Gasteiger partial charge is 0.344 e. The predicted octanol–water partition coefficient (Wildman–Crippen LogP) is 13.8. The fraction of sp³-hybridized carbons (Fsp3) is 0.814. The second-order valence-corrected chi connectivity index (χ2v) is 14.9. The van der Waals surface area contributed by atoms with Gasteiger partial charge in [0, 0.05) is 12.8 Å². The van der Waals surface area contributed by atoms with E-state index in [-0.39, 0.29) is 5.79 Å². The van der Waals surface area contributed by atoms with Crippen LogP contribution in [0.3, 0.4) is 0 Å². The zero-order chi connectivity index (χ0) is 31.8. The Kier molecular flexibility index (Phi) is 20.5.